The molecule has 118 valence electrons. The average molecular weight is 322 g/mol. The predicted molar refractivity (Wildman–Crippen MR) is 86.9 cm³/mol. The van der Waals surface area contributed by atoms with Crippen molar-refractivity contribution in [2.45, 2.75) is 25.8 Å². The minimum absolute atomic E-state index is 0.156. The third-order valence-electron chi connectivity index (χ3n) is 3.95. The summed E-state index contributed by atoms with van der Waals surface area (Å²) in [4.78, 5) is 10.4. The quantitative estimate of drug-likeness (QED) is 0.881. The predicted octanol–water partition coefficient (Wildman–Crippen LogP) is 2.86. The molecule has 0 spiro atoms. The molecule has 1 unspecified atom stereocenters. The van der Waals surface area contributed by atoms with Gasteiger partial charge in [-0.15, -0.1) is 0 Å². The zero-order valence-electron chi connectivity index (χ0n) is 12.6. The molecule has 6 nitrogen and oxygen atoms in total. The number of hydrogen-bond donors (Lipinski definition) is 2. The Kier molecular flexibility index (Phi) is 4.49. The molecule has 1 aliphatic rings. The van der Waals surface area contributed by atoms with Gasteiger partial charge < -0.3 is 15.5 Å². The molecule has 0 aromatic carbocycles. The van der Waals surface area contributed by atoms with Gasteiger partial charge in [0, 0.05) is 6.54 Å². The summed E-state index contributed by atoms with van der Waals surface area (Å²) in [5.74, 6) is 2.72. The summed E-state index contributed by atoms with van der Waals surface area (Å²) in [5, 5.41) is 3.63. The molecule has 1 aliphatic heterocycles. The van der Waals surface area contributed by atoms with Crippen molar-refractivity contribution < 1.29 is 4.42 Å². The van der Waals surface area contributed by atoms with Crippen LogP contribution in [0.15, 0.2) is 22.9 Å². The molecular weight excluding hydrogens is 302 g/mol. The summed E-state index contributed by atoms with van der Waals surface area (Å²) in [6, 6.07) is 4.19. The summed E-state index contributed by atoms with van der Waals surface area (Å²) in [7, 11) is 0. The number of aryl methyl sites for hydroxylation is 1. The second kappa shape index (κ2) is 6.54. The fraction of sp³-hybridized carbons (Fsp3) is 0.467. The molecule has 3 N–H and O–H groups in total. The summed E-state index contributed by atoms with van der Waals surface area (Å²) in [5.41, 5.74) is 5.71. The van der Waals surface area contributed by atoms with Crippen molar-refractivity contribution in [3.8, 4) is 0 Å². The van der Waals surface area contributed by atoms with E-state index in [1.165, 1.54) is 19.2 Å². The average Bonchev–Trinajstić information content (AvgIpc) is 3.16. The Balaban J connectivity index is 1.76. The van der Waals surface area contributed by atoms with Gasteiger partial charge in [0.15, 0.2) is 5.82 Å². The van der Waals surface area contributed by atoms with Gasteiger partial charge in [0.25, 0.3) is 0 Å². The van der Waals surface area contributed by atoms with Crippen LogP contribution in [0.25, 0.3) is 0 Å². The van der Waals surface area contributed by atoms with Crippen LogP contribution in [0.2, 0.25) is 5.02 Å². The highest BCUT2D eigenvalue weighted by Crippen LogP contribution is 2.29. The lowest BCUT2D eigenvalue weighted by Crippen LogP contribution is -2.31. The van der Waals surface area contributed by atoms with Gasteiger partial charge in [-0.1, -0.05) is 11.6 Å². The number of anilines is 2. The fourth-order valence-corrected chi connectivity index (χ4v) is 2.96. The number of nitrogens with one attached hydrogen (secondary N) is 1. The van der Waals surface area contributed by atoms with Gasteiger partial charge in [-0.2, -0.15) is 0 Å². The van der Waals surface area contributed by atoms with Crippen molar-refractivity contribution in [2.75, 3.05) is 30.7 Å². The number of rotatable bonds is 5. The van der Waals surface area contributed by atoms with Crippen molar-refractivity contribution in [2.24, 2.45) is 0 Å². The molecule has 0 aliphatic carbocycles. The third kappa shape index (κ3) is 3.18. The molecule has 3 heterocycles. The Morgan fingerprint density at radius 2 is 2.14 bits per heavy atom. The third-order valence-corrected chi connectivity index (χ3v) is 4.32. The van der Waals surface area contributed by atoms with Gasteiger partial charge in [-0.05, 0) is 45.0 Å². The van der Waals surface area contributed by atoms with Gasteiger partial charge in [-0.25, -0.2) is 9.97 Å². The molecule has 0 amide bonds. The van der Waals surface area contributed by atoms with Crippen molar-refractivity contribution in [1.29, 1.82) is 0 Å². The molecule has 2 aromatic rings. The zero-order valence-corrected chi connectivity index (χ0v) is 13.3. The highest BCUT2D eigenvalue weighted by molar-refractivity contribution is 6.35. The molecule has 22 heavy (non-hydrogen) atoms. The summed E-state index contributed by atoms with van der Waals surface area (Å²) < 4.78 is 5.83. The van der Waals surface area contributed by atoms with Crippen LogP contribution in [0.1, 0.15) is 30.4 Å². The minimum Gasteiger partial charge on any atom is -0.465 e. The van der Waals surface area contributed by atoms with Gasteiger partial charge in [0.1, 0.15) is 28.7 Å². The van der Waals surface area contributed by atoms with Crippen LogP contribution < -0.4 is 11.1 Å². The number of nitrogens with two attached hydrogens (primary N) is 1. The van der Waals surface area contributed by atoms with E-state index in [2.05, 4.69) is 20.2 Å². The summed E-state index contributed by atoms with van der Waals surface area (Å²) >= 11 is 6.14. The number of halogens is 1. The minimum atomic E-state index is 0.156. The molecule has 0 radical (unpaired) electrons. The van der Waals surface area contributed by atoms with Gasteiger partial charge in [0.2, 0.25) is 0 Å². The van der Waals surface area contributed by atoms with Crippen molar-refractivity contribution >= 4 is 23.2 Å². The number of aromatic nitrogens is 2. The molecule has 7 heteroatoms. The molecule has 1 saturated heterocycles. The maximum Gasteiger partial charge on any atom is 0.150 e. The highest BCUT2D eigenvalue weighted by Gasteiger charge is 2.26. The van der Waals surface area contributed by atoms with Crippen LogP contribution in [0.5, 0.6) is 0 Å². The Morgan fingerprint density at radius 1 is 1.36 bits per heavy atom. The van der Waals surface area contributed by atoms with Crippen LogP contribution in [0, 0.1) is 6.92 Å². The van der Waals surface area contributed by atoms with E-state index in [-0.39, 0.29) is 11.9 Å². The lowest BCUT2D eigenvalue weighted by molar-refractivity contribution is 0.223. The Bertz CT molecular complexity index is 639. The SMILES string of the molecule is Cc1ccc(C(CNc2ncnc(N)c2Cl)N2CCCC2)o1. The molecule has 1 fully saturated rings. The van der Waals surface area contributed by atoms with Crippen molar-refractivity contribution in [1.82, 2.24) is 14.9 Å². The number of furan rings is 1. The van der Waals surface area contributed by atoms with E-state index in [0.717, 1.165) is 24.6 Å². The summed E-state index contributed by atoms with van der Waals surface area (Å²) in [6.45, 7) is 4.76. The Morgan fingerprint density at radius 3 is 2.82 bits per heavy atom. The smallest absolute Gasteiger partial charge is 0.150 e. The van der Waals surface area contributed by atoms with Crippen LogP contribution in [0.4, 0.5) is 11.6 Å². The standard InChI is InChI=1S/C15H20ClN5O/c1-10-4-5-12(22-10)11(21-6-2-3-7-21)8-18-15-13(16)14(17)19-9-20-15/h4-5,9,11H,2-3,6-8H2,1H3,(H3,17,18,19,20). The first-order valence-electron chi connectivity index (χ1n) is 7.45. The fourth-order valence-electron chi connectivity index (χ4n) is 2.80. The monoisotopic (exact) mass is 321 g/mol. The molecule has 1 atom stereocenters. The lowest BCUT2D eigenvalue weighted by Gasteiger charge is -2.26. The molecular formula is C15H20ClN5O. The molecule has 3 rings (SSSR count). The number of nitrogens with zero attached hydrogens (tertiary/aromatic N) is 3. The van der Waals surface area contributed by atoms with Crippen LogP contribution in [-0.2, 0) is 0 Å². The second-order valence-electron chi connectivity index (χ2n) is 5.51. The molecule has 2 aromatic heterocycles. The Hall–Kier alpha value is -1.79. The maximum atomic E-state index is 6.14. The van der Waals surface area contributed by atoms with Gasteiger partial charge >= 0.3 is 0 Å². The number of nitrogen functional groups attached to an aromatic ring is 1. The zero-order chi connectivity index (χ0) is 15.5. The maximum absolute atomic E-state index is 6.14. The molecule has 0 saturated carbocycles. The van der Waals surface area contributed by atoms with Crippen molar-refractivity contribution in [3.05, 3.63) is 35.0 Å². The first-order valence-corrected chi connectivity index (χ1v) is 7.83. The van der Waals surface area contributed by atoms with E-state index in [1.54, 1.807) is 0 Å². The Labute approximate surface area is 134 Å². The van der Waals surface area contributed by atoms with Crippen molar-refractivity contribution in [3.63, 3.8) is 0 Å². The van der Waals surface area contributed by atoms with E-state index >= 15 is 0 Å². The van der Waals surface area contributed by atoms with Crippen LogP contribution in [0.3, 0.4) is 0 Å². The molecule has 0 bridgehead atoms. The van der Waals surface area contributed by atoms with E-state index in [0.29, 0.717) is 17.4 Å². The number of likely N-dealkylation sites (tertiary alicyclic amines) is 1. The van der Waals surface area contributed by atoms with Gasteiger partial charge in [0.05, 0.1) is 6.04 Å². The van der Waals surface area contributed by atoms with E-state index in [9.17, 15) is 0 Å². The first-order chi connectivity index (χ1) is 10.6. The highest BCUT2D eigenvalue weighted by atomic mass is 35.5. The lowest BCUT2D eigenvalue weighted by atomic mass is 10.2. The largest absolute Gasteiger partial charge is 0.465 e. The topological polar surface area (TPSA) is 80.2 Å². The van der Waals surface area contributed by atoms with E-state index in [4.69, 9.17) is 21.8 Å². The van der Waals surface area contributed by atoms with E-state index in [1.807, 2.05) is 19.1 Å². The van der Waals surface area contributed by atoms with Gasteiger partial charge in [-0.3, -0.25) is 4.90 Å². The second-order valence-corrected chi connectivity index (χ2v) is 5.89. The van der Waals surface area contributed by atoms with Crippen LogP contribution in [-0.4, -0.2) is 34.5 Å². The normalized spacial score (nSPS) is 16.8. The van der Waals surface area contributed by atoms with Crippen LogP contribution >= 0.6 is 11.6 Å². The summed E-state index contributed by atoms with van der Waals surface area (Å²) in [6.07, 6.45) is 3.85. The van der Waals surface area contributed by atoms with E-state index < -0.39 is 0 Å². The number of hydrogen-bond acceptors (Lipinski definition) is 6. The first kappa shape index (κ1) is 15.1.